The van der Waals surface area contributed by atoms with Crippen molar-refractivity contribution in [1.82, 2.24) is 15.1 Å². The van der Waals surface area contributed by atoms with Gasteiger partial charge in [-0.05, 0) is 61.9 Å². The van der Waals surface area contributed by atoms with Gasteiger partial charge in [0.1, 0.15) is 5.75 Å². The highest BCUT2D eigenvalue weighted by atomic mass is 16.5. The Hall–Kier alpha value is -3.61. The molecule has 0 spiro atoms. The molecule has 0 unspecified atom stereocenters. The Morgan fingerprint density at radius 2 is 1.71 bits per heavy atom. The maximum absolute atomic E-state index is 12.6. The molecule has 0 saturated carbocycles. The van der Waals surface area contributed by atoms with E-state index in [1.165, 1.54) is 0 Å². The maximum atomic E-state index is 12.6. The Labute approximate surface area is 182 Å². The summed E-state index contributed by atoms with van der Waals surface area (Å²) in [7, 11) is 0. The lowest BCUT2D eigenvalue weighted by molar-refractivity contribution is 0.208. The summed E-state index contributed by atoms with van der Waals surface area (Å²) in [6.45, 7) is 7.32. The van der Waals surface area contributed by atoms with Crippen molar-refractivity contribution in [1.29, 1.82) is 0 Å². The van der Waals surface area contributed by atoms with Crippen molar-refractivity contribution in [3.63, 3.8) is 0 Å². The zero-order valence-corrected chi connectivity index (χ0v) is 17.9. The lowest BCUT2D eigenvalue weighted by Crippen LogP contribution is -2.50. The summed E-state index contributed by atoms with van der Waals surface area (Å²) in [4.78, 5) is 16.6. The van der Waals surface area contributed by atoms with Crippen molar-refractivity contribution in [2.45, 2.75) is 13.8 Å². The highest BCUT2D eigenvalue weighted by Gasteiger charge is 2.22. The number of nitrogens with one attached hydrogen (secondary N) is 1. The van der Waals surface area contributed by atoms with Gasteiger partial charge >= 0.3 is 6.03 Å². The number of piperazine rings is 1. The molecule has 160 valence electrons. The van der Waals surface area contributed by atoms with Crippen LogP contribution in [0, 0.1) is 6.92 Å². The standard InChI is InChI=1S/C24H27N5O2/c1-3-31-20-10-8-19(9-11-20)22-12-13-23(27-26-22)28-14-16-29(17-15-28)24(30)25-21-7-5-4-6-18(21)2/h4-13H,3,14-17H2,1-2H3,(H,25,30). The van der Waals surface area contributed by atoms with E-state index in [1.807, 2.05) is 79.4 Å². The summed E-state index contributed by atoms with van der Waals surface area (Å²) in [6, 6.07) is 19.6. The molecule has 7 heteroatoms. The summed E-state index contributed by atoms with van der Waals surface area (Å²) in [6.07, 6.45) is 0. The van der Waals surface area contributed by atoms with Gasteiger partial charge in [0.25, 0.3) is 0 Å². The number of urea groups is 1. The highest BCUT2D eigenvalue weighted by molar-refractivity contribution is 5.90. The van der Waals surface area contributed by atoms with Gasteiger partial charge in [-0.3, -0.25) is 0 Å². The lowest BCUT2D eigenvalue weighted by Gasteiger charge is -2.35. The zero-order valence-electron chi connectivity index (χ0n) is 17.9. The van der Waals surface area contributed by atoms with Gasteiger partial charge in [0, 0.05) is 37.4 Å². The minimum atomic E-state index is -0.0640. The molecule has 1 saturated heterocycles. The minimum Gasteiger partial charge on any atom is -0.494 e. The number of hydrogen-bond acceptors (Lipinski definition) is 5. The Morgan fingerprint density at radius 1 is 0.968 bits per heavy atom. The van der Waals surface area contributed by atoms with Crippen LogP contribution in [0.25, 0.3) is 11.3 Å². The van der Waals surface area contributed by atoms with Gasteiger partial charge in [0.15, 0.2) is 5.82 Å². The van der Waals surface area contributed by atoms with Crippen LogP contribution in [0.1, 0.15) is 12.5 Å². The van der Waals surface area contributed by atoms with Crippen LogP contribution in [0.4, 0.5) is 16.3 Å². The van der Waals surface area contributed by atoms with Crippen LogP contribution in [-0.2, 0) is 0 Å². The number of aromatic nitrogens is 2. The van der Waals surface area contributed by atoms with Gasteiger partial charge in [-0.2, -0.15) is 0 Å². The SMILES string of the molecule is CCOc1ccc(-c2ccc(N3CCN(C(=O)Nc4ccccc4C)CC3)nn2)cc1. The van der Waals surface area contributed by atoms with Crippen molar-refractivity contribution in [3.05, 3.63) is 66.2 Å². The molecule has 4 rings (SSSR count). The average molecular weight is 418 g/mol. The van der Waals surface area contributed by atoms with E-state index in [0.717, 1.165) is 47.2 Å². The van der Waals surface area contributed by atoms with E-state index in [0.29, 0.717) is 19.7 Å². The minimum absolute atomic E-state index is 0.0640. The number of carbonyl (C=O) groups is 1. The van der Waals surface area contributed by atoms with Gasteiger partial charge in [0.05, 0.1) is 12.3 Å². The van der Waals surface area contributed by atoms with Crippen LogP contribution in [0.2, 0.25) is 0 Å². The first-order chi connectivity index (χ1) is 15.1. The molecule has 1 N–H and O–H groups in total. The fourth-order valence-corrected chi connectivity index (χ4v) is 3.58. The molecule has 0 radical (unpaired) electrons. The number of rotatable bonds is 5. The van der Waals surface area contributed by atoms with Crippen LogP contribution in [-0.4, -0.2) is 53.9 Å². The van der Waals surface area contributed by atoms with Crippen LogP contribution in [0.3, 0.4) is 0 Å². The van der Waals surface area contributed by atoms with Gasteiger partial charge in [0.2, 0.25) is 0 Å². The molecule has 0 atom stereocenters. The molecule has 0 aliphatic carbocycles. The van der Waals surface area contributed by atoms with Gasteiger partial charge < -0.3 is 19.9 Å². The molecule has 1 fully saturated rings. The predicted molar refractivity (Wildman–Crippen MR) is 123 cm³/mol. The molecule has 2 aromatic carbocycles. The molecule has 1 aliphatic rings. The van der Waals surface area contributed by atoms with Gasteiger partial charge in [-0.15, -0.1) is 10.2 Å². The van der Waals surface area contributed by atoms with E-state index in [9.17, 15) is 4.79 Å². The summed E-state index contributed by atoms with van der Waals surface area (Å²) < 4.78 is 5.48. The fourth-order valence-electron chi connectivity index (χ4n) is 3.58. The monoisotopic (exact) mass is 417 g/mol. The highest BCUT2D eigenvalue weighted by Crippen LogP contribution is 2.22. The Kier molecular flexibility index (Phi) is 6.31. The molecule has 1 aliphatic heterocycles. The van der Waals surface area contributed by atoms with E-state index >= 15 is 0 Å². The van der Waals surface area contributed by atoms with E-state index in [-0.39, 0.29) is 6.03 Å². The molecule has 3 aromatic rings. The second-order valence-corrected chi connectivity index (χ2v) is 7.45. The smallest absolute Gasteiger partial charge is 0.321 e. The number of para-hydroxylation sites is 1. The van der Waals surface area contributed by atoms with Crippen molar-refractivity contribution >= 4 is 17.5 Å². The lowest BCUT2D eigenvalue weighted by atomic mass is 10.1. The number of nitrogens with zero attached hydrogens (tertiary/aromatic N) is 4. The van der Waals surface area contributed by atoms with E-state index < -0.39 is 0 Å². The van der Waals surface area contributed by atoms with E-state index in [1.54, 1.807) is 0 Å². The van der Waals surface area contributed by atoms with Gasteiger partial charge in [-0.1, -0.05) is 18.2 Å². The Bertz CT molecular complexity index is 1010. The first-order valence-electron chi connectivity index (χ1n) is 10.6. The number of aryl methyl sites for hydroxylation is 1. The van der Waals surface area contributed by atoms with Crippen molar-refractivity contribution < 1.29 is 9.53 Å². The third-order valence-electron chi connectivity index (χ3n) is 5.39. The van der Waals surface area contributed by atoms with E-state index in [4.69, 9.17) is 4.74 Å². The quantitative estimate of drug-likeness (QED) is 0.674. The molecule has 1 aromatic heterocycles. The van der Waals surface area contributed by atoms with Crippen LogP contribution in [0.5, 0.6) is 5.75 Å². The molecule has 2 heterocycles. The number of carbonyl (C=O) groups excluding carboxylic acids is 1. The molecule has 31 heavy (non-hydrogen) atoms. The number of benzene rings is 2. The van der Waals surface area contributed by atoms with Crippen molar-refractivity contribution in [3.8, 4) is 17.0 Å². The second-order valence-electron chi connectivity index (χ2n) is 7.45. The first-order valence-corrected chi connectivity index (χ1v) is 10.6. The van der Waals surface area contributed by atoms with E-state index in [2.05, 4.69) is 20.4 Å². The summed E-state index contributed by atoms with van der Waals surface area (Å²) in [5.74, 6) is 1.67. The zero-order chi connectivity index (χ0) is 21.6. The fraction of sp³-hybridized carbons (Fsp3) is 0.292. The second kappa shape index (κ2) is 9.47. The van der Waals surface area contributed by atoms with Crippen LogP contribution < -0.4 is 15.0 Å². The Balaban J connectivity index is 1.33. The Morgan fingerprint density at radius 3 is 2.35 bits per heavy atom. The van der Waals surface area contributed by atoms with Crippen LogP contribution in [0.15, 0.2) is 60.7 Å². The number of ether oxygens (including phenoxy) is 1. The third-order valence-corrected chi connectivity index (χ3v) is 5.39. The summed E-state index contributed by atoms with van der Waals surface area (Å²) >= 11 is 0. The topological polar surface area (TPSA) is 70.6 Å². The number of anilines is 2. The molecular weight excluding hydrogens is 390 g/mol. The summed E-state index contributed by atoms with van der Waals surface area (Å²) in [5, 5.41) is 11.8. The predicted octanol–water partition coefficient (Wildman–Crippen LogP) is 4.20. The number of amides is 2. The molecule has 7 nitrogen and oxygen atoms in total. The normalized spacial score (nSPS) is 13.7. The largest absolute Gasteiger partial charge is 0.494 e. The molecule has 0 bridgehead atoms. The molecular formula is C24H27N5O2. The third kappa shape index (κ3) is 4.94. The first kappa shape index (κ1) is 20.7. The summed E-state index contributed by atoms with van der Waals surface area (Å²) in [5.41, 5.74) is 3.73. The van der Waals surface area contributed by atoms with Gasteiger partial charge in [-0.25, -0.2) is 4.79 Å². The number of hydrogen-bond donors (Lipinski definition) is 1. The van der Waals surface area contributed by atoms with Crippen molar-refractivity contribution in [2.75, 3.05) is 43.0 Å². The molecule has 2 amide bonds. The van der Waals surface area contributed by atoms with Crippen molar-refractivity contribution in [2.24, 2.45) is 0 Å². The van der Waals surface area contributed by atoms with Crippen LogP contribution >= 0.6 is 0 Å². The average Bonchev–Trinajstić information content (AvgIpc) is 2.81. The maximum Gasteiger partial charge on any atom is 0.321 e.